The molecule has 1 atom stereocenters. The molecule has 1 heterocycles. The standard InChI is InChI=1S/C8H7Cl2N3/c1-2-7(13-11)8-6(10)3-5(9)4-12-8/h1,3-4,7,13H,11H2. The maximum Gasteiger partial charge on any atom is 0.125 e. The second kappa shape index (κ2) is 4.45. The molecule has 3 N–H and O–H groups in total. The van der Waals surface area contributed by atoms with Crippen LogP contribution in [0.1, 0.15) is 11.7 Å². The zero-order valence-corrected chi connectivity index (χ0v) is 8.10. The Morgan fingerprint density at radius 3 is 2.77 bits per heavy atom. The summed E-state index contributed by atoms with van der Waals surface area (Å²) >= 11 is 11.5. The summed E-state index contributed by atoms with van der Waals surface area (Å²) in [5.74, 6) is 7.60. The molecular formula is C8H7Cl2N3. The largest absolute Gasteiger partial charge is 0.270 e. The van der Waals surface area contributed by atoms with Crippen LogP contribution in [0.15, 0.2) is 12.3 Å². The van der Waals surface area contributed by atoms with Crippen LogP contribution in [0, 0.1) is 12.3 Å². The number of rotatable bonds is 2. The molecule has 3 nitrogen and oxygen atoms in total. The topological polar surface area (TPSA) is 50.9 Å². The number of hydrazine groups is 1. The minimum atomic E-state index is -0.496. The number of hydrogen-bond donors (Lipinski definition) is 2. The number of nitrogens with one attached hydrogen (secondary N) is 1. The summed E-state index contributed by atoms with van der Waals surface area (Å²) in [5, 5.41) is 0.856. The lowest BCUT2D eigenvalue weighted by atomic mass is 10.2. The van der Waals surface area contributed by atoms with E-state index in [-0.39, 0.29) is 0 Å². The number of halogens is 2. The average Bonchev–Trinajstić information content (AvgIpc) is 2.10. The zero-order valence-electron chi connectivity index (χ0n) is 6.59. The second-order valence-electron chi connectivity index (χ2n) is 2.29. The van der Waals surface area contributed by atoms with E-state index in [1.54, 1.807) is 6.07 Å². The van der Waals surface area contributed by atoms with Crippen LogP contribution in [0.5, 0.6) is 0 Å². The molecule has 13 heavy (non-hydrogen) atoms. The summed E-state index contributed by atoms with van der Waals surface area (Å²) < 4.78 is 0. The molecule has 0 aliphatic heterocycles. The van der Waals surface area contributed by atoms with Gasteiger partial charge in [0, 0.05) is 6.20 Å². The van der Waals surface area contributed by atoms with E-state index >= 15 is 0 Å². The van der Waals surface area contributed by atoms with Gasteiger partial charge >= 0.3 is 0 Å². The van der Waals surface area contributed by atoms with Gasteiger partial charge in [-0.25, -0.2) is 5.43 Å². The van der Waals surface area contributed by atoms with E-state index in [1.807, 2.05) is 0 Å². The van der Waals surface area contributed by atoms with Crippen LogP contribution in [-0.2, 0) is 0 Å². The van der Waals surface area contributed by atoms with Crippen molar-refractivity contribution >= 4 is 23.2 Å². The highest BCUT2D eigenvalue weighted by Gasteiger charge is 2.11. The van der Waals surface area contributed by atoms with Gasteiger partial charge in [0.25, 0.3) is 0 Å². The van der Waals surface area contributed by atoms with Gasteiger partial charge in [-0.2, -0.15) is 0 Å². The van der Waals surface area contributed by atoms with Crippen molar-refractivity contribution in [1.82, 2.24) is 10.4 Å². The predicted octanol–water partition coefficient (Wildman–Crippen LogP) is 1.53. The van der Waals surface area contributed by atoms with Crippen LogP contribution in [0.25, 0.3) is 0 Å². The Labute approximate surface area is 86.2 Å². The molecule has 68 valence electrons. The summed E-state index contributed by atoms with van der Waals surface area (Å²) in [5.41, 5.74) is 2.90. The van der Waals surface area contributed by atoms with Crippen LogP contribution in [-0.4, -0.2) is 4.98 Å². The molecule has 1 aromatic rings. The highest BCUT2D eigenvalue weighted by molar-refractivity contribution is 6.34. The molecule has 0 aliphatic carbocycles. The molecule has 0 saturated carbocycles. The first kappa shape index (κ1) is 10.3. The Bertz CT molecular complexity index is 346. The first-order valence-electron chi connectivity index (χ1n) is 3.42. The van der Waals surface area contributed by atoms with E-state index in [0.717, 1.165) is 0 Å². The molecule has 0 aromatic carbocycles. The van der Waals surface area contributed by atoms with Crippen LogP contribution in [0.3, 0.4) is 0 Å². The maximum absolute atomic E-state index is 5.84. The third-order valence-corrected chi connectivity index (χ3v) is 1.95. The molecule has 0 fully saturated rings. The first-order valence-corrected chi connectivity index (χ1v) is 4.18. The normalized spacial score (nSPS) is 12.2. The van der Waals surface area contributed by atoms with Crippen molar-refractivity contribution in [2.24, 2.45) is 5.84 Å². The molecule has 5 heteroatoms. The second-order valence-corrected chi connectivity index (χ2v) is 3.13. The summed E-state index contributed by atoms with van der Waals surface area (Å²) in [4.78, 5) is 3.97. The number of nitrogens with two attached hydrogens (primary N) is 1. The molecule has 0 radical (unpaired) electrons. The van der Waals surface area contributed by atoms with Gasteiger partial charge < -0.3 is 0 Å². The van der Waals surface area contributed by atoms with Crippen molar-refractivity contribution in [3.63, 3.8) is 0 Å². The number of pyridine rings is 1. The maximum atomic E-state index is 5.84. The molecule has 0 bridgehead atoms. The average molecular weight is 216 g/mol. The highest BCUT2D eigenvalue weighted by atomic mass is 35.5. The van der Waals surface area contributed by atoms with Gasteiger partial charge in [-0.1, -0.05) is 29.1 Å². The molecule has 1 aromatic heterocycles. The Kier molecular flexibility index (Phi) is 3.52. The van der Waals surface area contributed by atoms with Gasteiger partial charge in [-0.05, 0) is 6.07 Å². The fraction of sp³-hybridized carbons (Fsp3) is 0.125. The van der Waals surface area contributed by atoms with Gasteiger partial charge in [0.1, 0.15) is 6.04 Å². The van der Waals surface area contributed by atoms with Gasteiger partial charge in [-0.3, -0.25) is 10.8 Å². The van der Waals surface area contributed by atoms with E-state index in [4.69, 9.17) is 35.5 Å². The van der Waals surface area contributed by atoms with Crippen molar-refractivity contribution < 1.29 is 0 Å². The lowest BCUT2D eigenvalue weighted by Gasteiger charge is -2.09. The molecule has 0 aliphatic rings. The van der Waals surface area contributed by atoms with Crippen LogP contribution >= 0.6 is 23.2 Å². The Balaban J connectivity index is 3.09. The van der Waals surface area contributed by atoms with Crippen molar-refractivity contribution in [2.45, 2.75) is 6.04 Å². The third-order valence-electron chi connectivity index (χ3n) is 1.44. The van der Waals surface area contributed by atoms with Crippen molar-refractivity contribution in [3.05, 3.63) is 28.0 Å². The van der Waals surface area contributed by atoms with Crippen molar-refractivity contribution in [3.8, 4) is 12.3 Å². The lowest BCUT2D eigenvalue weighted by Crippen LogP contribution is -2.27. The molecular weight excluding hydrogens is 209 g/mol. The van der Waals surface area contributed by atoms with Crippen LogP contribution in [0.2, 0.25) is 10.0 Å². The summed E-state index contributed by atoms with van der Waals surface area (Å²) in [6.07, 6.45) is 6.66. The number of terminal acetylenes is 1. The summed E-state index contributed by atoms with van der Waals surface area (Å²) in [6.45, 7) is 0. The Morgan fingerprint density at radius 1 is 1.62 bits per heavy atom. The van der Waals surface area contributed by atoms with Crippen molar-refractivity contribution in [1.29, 1.82) is 0 Å². The Hall–Kier alpha value is -0.790. The van der Waals surface area contributed by atoms with Crippen LogP contribution in [0.4, 0.5) is 0 Å². The quantitative estimate of drug-likeness (QED) is 0.447. The third kappa shape index (κ3) is 2.33. The monoisotopic (exact) mass is 215 g/mol. The van der Waals surface area contributed by atoms with Crippen molar-refractivity contribution in [2.75, 3.05) is 0 Å². The number of hydrogen-bond acceptors (Lipinski definition) is 3. The molecule has 0 saturated heterocycles. The van der Waals surface area contributed by atoms with Gasteiger partial charge in [0.2, 0.25) is 0 Å². The van der Waals surface area contributed by atoms with Crippen LogP contribution < -0.4 is 11.3 Å². The zero-order chi connectivity index (χ0) is 9.84. The molecule has 0 spiro atoms. The fourth-order valence-corrected chi connectivity index (χ4v) is 1.33. The highest BCUT2D eigenvalue weighted by Crippen LogP contribution is 2.22. The van der Waals surface area contributed by atoms with E-state index in [9.17, 15) is 0 Å². The van der Waals surface area contributed by atoms with Gasteiger partial charge in [0.05, 0.1) is 15.7 Å². The Morgan fingerprint density at radius 2 is 2.31 bits per heavy atom. The minimum absolute atomic E-state index is 0.397. The smallest absolute Gasteiger partial charge is 0.125 e. The lowest BCUT2D eigenvalue weighted by molar-refractivity contribution is 0.657. The molecule has 1 rings (SSSR count). The van der Waals surface area contributed by atoms with Gasteiger partial charge in [0.15, 0.2) is 0 Å². The summed E-state index contributed by atoms with van der Waals surface area (Å²) in [7, 11) is 0. The molecule has 0 amide bonds. The number of nitrogens with zero attached hydrogens (tertiary/aromatic N) is 1. The van der Waals surface area contributed by atoms with E-state index in [0.29, 0.717) is 15.7 Å². The minimum Gasteiger partial charge on any atom is -0.270 e. The van der Waals surface area contributed by atoms with E-state index in [1.165, 1.54) is 6.20 Å². The van der Waals surface area contributed by atoms with Gasteiger partial charge in [-0.15, -0.1) is 6.42 Å². The summed E-state index contributed by atoms with van der Waals surface area (Å²) in [6, 6.07) is 1.07. The predicted molar refractivity (Wildman–Crippen MR) is 53.2 cm³/mol. The molecule has 1 unspecified atom stereocenters. The fourth-order valence-electron chi connectivity index (χ4n) is 0.844. The first-order chi connectivity index (χ1) is 6.19. The number of aromatic nitrogens is 1. The SMILES string of the molecule is C#CC(NN)c1ncc(Cl)cc1Cl. The van der Waals surface area contributed by atoms with E-state index < -0.39 is 6.04 Å². The van der Waals surface area contributed by atoms with E-state index in [2.05, 4.69) is 16.3 Å².